The van der Waals surface area contributed by atoms with Gasteiger partial charge in [0.15, 0.2) is 0 Å². The summed E-state index contributed by atoms with van der Waals surface area (Å²) in [5.74, 6) is 0.914. The number of amides is 2. The van der Waals surface area contributed by atoms with Gasteiger partial charge in [-0.15, -0.1) is 22.7 Å². The highest BCUT2D eigenvalue weighted by Crippen LogP contribution is 2.34. The number of carbonyl (C=O) groups excluding carboxylic acids is 2. The Balaban J connectivity index is 1.58. The molecule has 30 heavy (non-hydrogen) atoms. The average Bonchev–Trinajstić information content (AvgIpc) is 3.36. The van der Waals surface area contributed by atoms with E-state index in [1.807, 2.05) is 59.7 Å². The third-order valence-corrected chi connectivity index (χ3v) is 7.08. The summed E-state index contributed by atoms with van der Waals surface area (Å²) in [5, 5.41) is 5.72. The maximum atomic E-state index is 13.5. The minimum atomic E-state index is -0.0382. The number of carbonyl (C=O) groups is 2. The van der Waals surface area contributed by atoms with Crippen LogP contribution in [-0.2, 0) is 17.9 Å². The number of hydrogen-bond acceptors (Lipinski definition) is 5. The first kappa shape index (κ1) is 20.6. The molecule has 1 N–H and O–H groups in total. The molecule has 1 saturated carbocycles. The van der Waals surface area contributed by atoms with Gasteiger partial charge in [-0.2, -0.15) is 0 Å². The molecule has 1 aromatic carbocycles. The zero-order chi connectivity index (χ0) is 21.1. The van der Waals surface area contributed by atoms with E-state index in [1.54, 1.807) is 18.4 Å². The molecular weight excluding hydrogens is 416 g/mol. The highest BCUT2D eigenvalue weighted by molar-refractivity contribution is 7.18. The lowest BCUT2D eigenvalue weighted by Crippen LogP contribution is -2.29. The van der Waals surface area contributed by atoms with Gasteiger partial charge in [-0.3, -0.25) is 9.59 Å². The quantitative estimate of drug-likeness (QED) is 0.516. The van der Waals surface area contributed by atoms with Gasteiger partial charge < -0.3 is 15.0 Å². The first-order valence-electron chi connectivity index (χ1n) is 9.90. The normalized spacial score (nSPS) is 13.1. The summed E-state index contributed by atoms with van der Waals surface area (Å²) >= 11 is 2.99. The third-order valence-electron chi connectivity index (χ3n) is 5.07. The van der Waals surface area contributed by atoms with Crippen LogP contribution < -0.4 is 10.1 Å². The van der Waals surface area contributed by atoms with Crippen molar-refractivity contribution >= 4 is 39.5 Å². The van der Waals surface area contributed by atoms with E-state index >= 15 is 0 Å². The smallest absolute Gasteiger partial charge is 0.264 e. The molecule has 0 unspecified atom stereocenters. The van der Waals surface area contributed by atoms with Crippen molar-refractivity contribution in [2.75, 3.05) is 12.4 Å². The lowest BCUT2D eigenvalue weighted by atomic mass is 10.1. The van der Waals surface area contributed by atoms with Crippen LogP contribution in [0.3, 0.4) is 0 Å². The Morgan fingerprint density at radius 2 is 1.97 bits per heavy atom. The molecular formula is C23H24N2O3S2. The minimum absolute atomic E-state index is 0.0382. The monoisotopic (exact) mass is 440 g/mol. The molecule has 2 amide bonds. The topological polar surface area (TPSA) is 58.6 Å². The number of thiophene rings is 2. The molecule has 4 rings (SSSR count). The zero-order valence-corrected chi connectivity index (χ0v) is 18.6. The third kappa shape index (κ3) is 4.74. The number of nitrogens with one attached hydrogen (secondary N) is 1. The van der Waals surface area contributed by atoms with Crippen molar-refractivity contribution in [3.63, 3.8) is 0 Å². The van der Waals surface area contributed by atoms with Gasteiger partial charge in [-0.25, -0.2) is 0 Å². The Bertz CT molecular complexity index is 1040. The number of methoxy groups -OCH3 is 1. The van der Waals surface area contributed by atoms with Gasteiger partial charge in [-0.1, -0.05) is 24.3 Å². The van der Waals surface area contributed by atoms with Crippen LogP contribution in [0.15, 0.2) is 47.8 Å². The summed E-state index contributed by atoms with van der Waals surface area (Å²) in [7, 11) is 1.64. The second-order valence-corrected chi connectivity index (χ2v) is 9.52. The van der Waals surface area contributed by atoms with Gasteiger partial charge in [0.2, 0.25) is 5.91 Å². The van der Waals surface area contributed by atoms with Crippen LogP contribution in [-0.4, -0.2) is 23.8 Å². The maximum Gasteiger partial charge on any atom is 0.264 e. The number of nitrogens with zero attached hydrogens (tertiary/aromatic N) is 1. The van der Waals surface area contributed by atoms with Crippen molar-refractivity contribution < 1.29 is 14.3 Å². The first-order chi connectivity index (χ1) is 14.5. The van der Waals surface area contributed by atoms with Crippen molar-refractivity contribution in [1.82, 2.24) is 4.90 Å². The van der Waals surface area contributed by atoms with Crippen LogP contribution in [0.25, 0.3) is 0 Å². The predicted octanol–water partition coefficient (Wildman–Crippen LogP) is 5.32. The van der Waals surface area contributed by atoms with Gasteiger partial charge in [-0.05, 0) is 48.9 Å². The Morgan fingerprint density at radius 3 is 2.67 bits per heavy atom. The highest BCUT2D eigenvalue weighted by Gasteiger charge is 2.30. The molecule has 0 atom stereocenters. The molecule has 0 aliphatic heterocycles. The van der Waals surface area contributed by atoms with E-state index in [-0.39, 0.29) is 17.7 Å². The molecule has 1 aliphatic carbocycles. The lowest BCUT2D eigenvalue weighted by molar-refractivity contribution is -0.117. The molecule has 156 valence electrons. The number of anilines is 1. The van der Waals surface area contributed by atoms with Crippen LogP contribution in [0, 0.1) is 12.8 Å². The minimum Gasteiger partial charge on any atom is -0.496 e. The Hall–Kier alpha value is -2.64. The Kier molecular flexibility index (Phi) is 6.20. The van der Waals surface area contributed by atoms with Crippen LogP contribution in [0.5, 0.6) is 5.75 Å². The van der Waals surface area contributed by atoms with Crippen molar-refractivity contribution in [2.24, 2.45) is 5.92 Å². The van der Waals surface area contributed by atoms with E-state index in [0.717, 1.165) is 39.6 Å². The van der Waals surface area contributed by atoms with E-state index in [0.29, 0.717) is 18.0 Å². The Labute approximate surface area is 184 Å². The number of rotatable bonds is 8. The van der Waals surface area contributed by atoms with Crippen LogP contribution in [0.1, 0.15) is 38.5 Å². The highest BCUT2D eigenvalue weighted by atomic mass is 32.1. The summed E-state index contributed by atoms with van der Waals surface area (Å²) in [4.78, 5) is 29.3. The van der Waals surface area contributed by atoms with E-state index in [9.17, 15) is 9.59 Å². The predicted molar refractivity (Wildman–Crippen MR) is 121 cm³/mol. The van der Waals surface area contributed by atoms with E-state index in [2.05, 4.69) is 5.32 Å². The number of ether oxygens (including phenoxy) is 1. The van der Waals surface area contributed by atoms with Crippen molar-refractivity contribution in [3.8, 4) is 5.75 Å². The number of aryl methyl sites for hydroxylation is 1. The lowest BCUT2D eigenvalue weighted by Gasteiger charge is -2.23. The van der Waals surface area contributed by atoms with Gasteiger partial charge in [0.25, 0.3) is 5.91 Å². The van der Waals surface area contributed by atoms with Crippen LogP contribution >= 0.6 is 22.7 Å². The zero-order valence-electron chi connectivity index (χ0n) is 17.0. The fourth-order valence-corrected chi connectivity index (χ4v) is 5.06. The number of hydrogen-bond donors (Lipinski definition) is 1. The second kappa shape index (κ2) is 9.02. The summed E-state index contributed by atoms with van der Waals surface area (Å²) in [5.41, 5.74) is 1.84. The second-order valence-electron chi connectivity index (χ2n) is 7.44. The molecule has 7 heteroatoms. The summed E-state index contributed by atoms with van der Waals surface area (Å²) in [6, 6.07) is 13.7. The molecule has 0 radical (unpaired) electrons. The van der Waals surface area contributed by atoms with Gasteiger partial charge in [0, 0.05) is 16.4 Å². The number of benzene rings is 1. The molecule has 2 heterocycles. The fourth-order valence-electron chi connectivity index (χ4n) is 3.30. The molecule has 0 spiro atoms. The summed E-state index contributed by atoms with van der Waals surface area (Å²) < 4.78 is 5.49. The first-order valence-corrected chi connectivity index (χ1v) is 11.6. The fraction of sp³-hybridized carbons (Fsp3) is 0.304. The van der Waals surface area contributed by atoms with Crippen molar-refractivity contribution in [1.29, 1.82) is 0 Å². The van der Waals surface area contributed by atoms with Crippen LogP contribution in [0.4, 0.5) is 5.00 Å². The maximum absolute atomic E-state index is 13.5. The molecule has 0 saturated heterocycles. The van der Waals surface area contributed by atoms with E-state index in [1.165, 1.54) is 11.3 Å². The summed E-state index contributed by atoms with van der Waals surface area (Å²) in [6.45, 7) is 2.89. The standard InChI is InChI=1S/C23H24N2O3S2/c1-15-12-20(24-22(26)16-9-10-16)30-21(15)23(27)25(14-18-7-5-11-29-18)13-17-6-3-4-8-19(17)28-2/h3-8,11-12,16H,9-10,13-14H2,1-2H3,(H,24,26). The molecule has 1 fully saturated rings. The van der Waals surface area contributed by atoms with Gasteiger partial charge in [0.05, 0.1) is 30.1 Å². The molecule has 5 nitrogen and oxygen atoms in total. The molecule has 0 bridgehead atoms. The van der Waals surface area contributed by atoms with E-state index < -0.39 is 0 Å². The SMILES string of the molecule is COc1ccccc1CN(Cc1cccs1)C(=O)c1sc(NC(=O)C2CC2)cc1C. The largest absolute Gasteiger partial charge is 0.496 e. The molecule has 3 aromatic rings. The van der Waals surface area contributed by atoms with Crippen molar-refractivity contribution in [2.45, 2.75) is 32.9 Å². The van der Waals surface area contributed by atoms with Gasteiger partial charge >= 0.3 is 0 Å². The van der Waals surface area contributed by atoms with Crippen LogP contribution in [0.2, 0.25) is 0 Å². The molecule has 1 aliphatic rings. The number of para-hydroxylation sites is 1. The van der Waals surface area contributed by atoms with Crippen molar-refractivity contribution in [3.05, 3.63) is 68.7 Å². The average molecular weight is 441 g/mol. The van der Waals surface area contributed by atoms with E-state index in [4.69, 9.17) is 4.74 Å². The van der Waals surface area contributed by atoms with Gasteiger partial charge in [0.1, 0.15) is 5.75 Å². The summed E-state index contributed by atoms with van der Waals surface area (Å²) in [6.07, 6.45) is 1.91. The molecule has 2 aromatic heterocycles. The Morgan fingerprint density at radius 1 is 1.17 bits per heavy atom.